The van der Waals surface area contributed by atoms with Crippen molar-refractivity contribution in [2.75, 3.05) is 43.6 Å². The lowest BCUT2D eigenvalue weighted by atomic mass is 10.2. The molecule has 1 saturated heterocycles. The third-order valence-corrected chi connectivity index (χ3v) is 5.61. The van der Waals surface area contributed by atoms with Crippen LogP contribution in [0.1, 0.15) is 5.56 Å². The van der Waals surface area contributed by atoms with Crippen LogP contribution in [-0.2, 0) is 11.3 Å². The van der Waals surface area contributed by atoms with E-state index < -0.39 is 0 Å². The van der Waals surface area contributed by atoms with Gasteiger partial charge in [0.25, 0.3) is 0 Å². The van der Waals surface area contributed by atoms with Gasteiger partial charge in [-0.2, -0.15) is 4.68 Å². The molecule has 1 aliphatic heterocycles. The minimum atomic E-state index is 0.260. The van der Waals surface area contributed by atoms with E-state index in [1.54, 1.807) is 7.11 Å². The number of morpholine rings is 1. The van der Waals surface area contributed by atoms with Crippen LogP contribution < -0.4 is 19.7 Å². The summed E-state index contributed by atoms with van der Waals surface area (Å²) in [6.07, 6.45) is 0. The monoisotopic (exact) mass is 458 g/mol. The molecule has 4 aromatic rings. The Morgan fingerprint density at radius 3 is 2.47 bits per heavy atom. The molecule has 1 aliphatic rings. The molecule has 0 atom stereocenters. The van der Waals surface area contributed by atoms with Crippen LogP contribution in [0, 0.1) is 0 Å². The summed E-state index contributed by atoms with van der Waals surface area (Å²) in [7, 11) is 1.62. The first-order valence-electron chi connectivity index (χ1n) is 11.2. The number of anilines is 2. The number of tetrazole rings is 1. The van der Waals surface area contributed by atoms with Crippen LogP contribution in [0.2, 0.25) is 0 Å². The summed E-state index contributed by atoms with van der Waals surface area (Å²) in [4.78, 5) is 2.34. The topological polar surface area (TPSA) is 86.6 Å². The highest BCUT2D eigenvalue weighted by molar-refractivity contribution is 5.56. The van der Waals surface area contributed by atoms with Gasteiger partial charge in [0.05, 0.1) is 26.0 Å². The average molecular weight is 459 g/mol. The fourth-order valence-corrected chi connectivity index (χ4v) is 3.79. The van der Waals surface area contributed by atoms with E-state index in [1.165, 1.54) is 10.4 Å². The molecular formula is C25H26N6O3. The summed E-state index contributed by atoms with van der Waals surface area (Å²) in [6, 6.07) is 24.1. The van der Waals surface area contributed by atoms with E-state index in [0.29, 0.717) is 18.0 Å². The van der Waals surface area contributed by atoms with E-state index in [4.69, 9.17) is 14.2 Å². The van der Waals surface area contributed by atoms with Crippen molar-refractivity contribution < 1.29 is 14.2 Å². The highest BCUT2D eigenvalue weighted by Crippen LogP contribution is 2.32. The van der Waals surface area contributed by atoms with Crippen molar-refractivity contribution in [2.24, 2.45) is 0 Å². The van der Waals surface area contributed by atoms with Gasteiger partial charge >= 0.3 is 6.01 Å². The average Bonchev–Trinajstić information content (AvgIpc) is 3.37. The Kier molecular flexibility index (Phi) is 6.53. The first-order valence-corrected chi connectivity index (χ1v) is 11.2. The lowest BCUT2D eigenvalue weighted by Gasteiger charge is -2.28. The number of para-hydroxylation sites is 1. The first kappa shape index (κ1) is 21.7. The molecule has 9 nitrogen and oxygen atoms in total. The Bertz CT molecular complexity index is 1210. The standard InChI is InChI=1S/C25H26N6O3/c1-32-24-17-19(18-26-20-8-10-21(11-9-20)30-13-15-33-16-14-30)7-12-23(24)34-25-27-28-29-31(25)22-5-3-2-4-6-22/h2-12,17,26H,13-16,18H2,1H3. The molecule has 0 radical (unpaired) electrons. The second kappa shape index (κ2) is 10.2. The molecule has 174 valence electrons. The number of rotatable bonds is 8. The first-order chi connectivity index (χ1) is 16.8. The van der Waals surface area contributed by atoms with Gasteiger partial charge < -0.3 is 24.4 Å². The number of hydrogen-bond acceptors (Lipinski definition) is 8. The highest BCUT2D eigenvalue weighted by atomic mass is 16.5. The summed E-state index contributed by atoms with van der Waals surface area (Å²) in [6.45, 7) is 4.07. The van der Waals surface area contributed by atoms with Crippen LogP contribution in [0.5, 0.6) is 17.5 Å². The minimum Gasteiger partial charge on any atom is -0.493 e. The Morgan fingerprint density at radius 2 is 1.71 bits per heavy atom. The third-order valence-electron chi connectivity index (χ3n) is 5.61. The maximum absolute atomic E-state index is 5.98. The number of aromatic nitrogens is 4. The van der Waals surface area contributed by atoms with Crippen LogP contribution in [-0.4, -0.2) is 53.6 Å². The number of benzene rings is 3. The Hall–Kier alpha value is -4.11. The Balaban J connectivity index is 1.24. The lowest BCUT2D eigenvalue weighted by molar-refractivity contribution is 0.122. The van der Waals surface area contributed by atoms with E-state index in [-0.39, 0.29) is 6.01 Å². The molecule has 9 heteroatoms. The van der Waals surface area contributed by atoms with E-state index in [1.807, 2.05) is 48.5 Å². The van der Waals surface area contributed by atoms with Crippen molar-refractivity contribution in [2.45, 2.75) is 6.54 Å². The molecule has 1 fully saturated rings. The molecule has 5 rings (SSSR count). The molecule has 3 aromatic carbocycles. The second-order valence-corrected chi connectivity index (χ2v) is 7.80. The quantitative estimate of drug-likeness (QED) is 0.425. The molecule has 0 bridgehead atoms. The molecule has 1 aromatic heterocycles. The second-order valence-electron chi connectivity index (χ2n) is 7.80. The van der Waals surface area contributed by atoms with Gasteiger partial charge in [-0.25, -0.2) is 0 Å². The number of methoxy groups -OCH3 is 1. The largest absolute Gasteiger partial charge is 0.493 e. The van der Waals surface area contributed by atoms with Crippen molar-refractivity contribution in [1.82, 2.24) is 20.2 Å². The van der Waals surface area contributed by atoms with Gasteiger partial charge in [0.15, 0.2) is 11.5 Å². The van der Waals surface area contributed by atoms with Crippen LogP contribution in [0.3, 0.4) is 0 Å². The third kappa shape index (κ3) is 4.94. The van der Waals surface area contributed by atoms with E-state index in [9.17, 15) is 0 Å². The molecule has 0 saturated carbocycles. The van der Waals surface area contributed by atoms with Crippen LogP contribution >= 0.6 is 0 Å². The zero-order valence-electron chi connectivity index (χ0n) is 18.9. The highest BCUT2D eigenvalue weighted by Gasteiger charge is 2.14. The molecule has 0 aliphatic carbocycles. The fraction of sp³-hybridized carbons (Fsp3) is 0.240. The molecule has 34 heavy (non-hydrogen) atoms. The summed E-state index contributed by atoms with van der Waals surface area (Å²) in [5.41, 5.74) is 4.14. The molecule has 2 heterocycles. The maximum Gasteiger partial charge on any atom is 0.346 e. The Labute approximate surface area is 197 Å². The summed E-state index contributed by atoms with van der Waals surface area (Å²) >= 11 is 0. The number of nitrogens with zero attached hydrogens (tertiary/aromatic N) is 5. The van der Waals surface area contributed by atoms with E-state index in [2.05, 4.69) is 50.0 Å². The van der Waals surface area contributed by atoms with Crippen LogP contribution in [0.25, 0.3) is 5.69 Å². The number of nitrogens with one attached hydrogen (secondary N) is 1. The lowest BCUT2D eigenvalue weighted by Crippen LogP contribution is -2.36. The van der Waals surface area contributed by atoms with Gasteiger partial charge in [-0.1, -0.05) is 29.4 Å². The van der Waals surface area contributed by atoms with Gasteiger partial charge in [-0.3, -0.25) is 0 Å². The van der Waals surface area contributed by atoms with Crippen molar-refractivity contribution in [3.05, 3.63) is 78.4 Å². The molecule has 0 amide bonds. The van der Waals surface area contributed by atoms with Crippen molar-refractivity contribution >= 4 is 11.4 Å². The predicted octanol–water partition coefficient (Wildman–Crippen LogP) is 3.91. The van der Waals surface area contributed by atoms with Gasteiger partial charge in [0, 0.05) is 31.0 Å². The van der Waals surface area contributed by atoms with Crippen LogP contribution in [0.15, 0.2) is 72.8 Å². The van der Waals surface area contributed by atoms with E-state index in [0.717, 1.165) is 43.2 Å². The zero-order chi connectivity index (χ0) is 23.2. The SMILES string of the molecule is COc1cc(CNc2ccc(N3CCOCC3)cc2)ccc1Oc1nnnn1-c1ccccc1. The molecule has 0 spiro atoms. The maximum atomic E-state index is 5.98. The predicted molar refractivity (Wildman–Crippen MR) is 129 cm³/mol. The summed E-state index contributed by atoms with van der Waals surface area (Å²) in [5.74, 6) is 1.14. The van der Waals surface area contributed by atoms with Crippen LogP contribution in [0.4, 0.5) is 11.4 Å². The van der Waals surface area contributed by atoms with E-state index >= 15 is 0 Å². The number of hydrogen-bond donors (Lipinski definition) is 1. The summed E-state index contributed by atoms with van der Waals surface area (Å²) < 4.78 is 18.5. The summed E-state index contributed by atoms with van der Waals surface area (Å²) in [5, 5.41) is 15.2. The van der Waals surface area contributed by atoms with Gasteiger partial charge in [-0.15, -0.1) is 0 Å². The van der Waals surface area contributed by atoms with Crippen molar-refractivity contribution in [3.63, 3.8) is 0 Å². The van der Waals surface area contributed by atoms with Gasteiger partial charge in [-0.05, 0) is 64.5 Å². The normalized spacial score (nSPS) is 13.5. The van der Waals surface area contributed by atoms with Gasteiger partial charge in [0.2, 0.25) is 0 Å². The molecule has 1 N–H and O–H groups in total. The molecule has 0 unspecified atom stereocenters. The minimum absolute atomic E-state index is 0.260. The van der Waals surface area contributed by atoms with Crippen molar-refractivity contribution in [3.8, 4) is 23.2 Å². The Morgan fingerprint density at radius 1 is 0.912 bits per heavy atom. The zero-order valence-corrected chi connectivity index (χ0v) is 18.9. The number of ether oxygens (including phenoxy) is 3. The molecular weight excluding hydrogens is 432 g/mol. The fourth-order valence-electron chi connectivity index (χ4n) is 3.79. The smallest absolute Gasteiger partial charge is 0.346 e. The van der Waals surface area contributed by atoms with Crippen molar-refractivity contribution in [1.29, 1.82) is 0 Å². The van der Waals surface area contributed by atoms with Gasteiger partial charge in [0.1, 0.15) is 0 Å².